The lowest BCUT2D eigenvalue weighted by Gasteiger charge is -2.09. The smallest absolute Gasteiger partial charge is 0.358 e. The average Bonchev–Trinajstić information content (AvgIpc) is 2.54. The third kappa shape index (κ3) is 4.07. The number of aromatic hydroxyl groups is 1. The molecule has 0 aliphatic heterocycles. The summed E-state index contributed by atoms with van der Waals surface area (Å²) in [5, 5.41) is 11.9. The van der Waals surface area contributed by atoms with Crippen molar-refractivity contribution in [1.82, 2.24) is 0 Å². The largest absolute Gasteiger partial charge is 0.508 e. The quantitative estimate of drug-likeness (QED) is 0.733. The first-order valence-electron chi connectivity index (χ1n) is 6.68. The van der Waals surface area contributed by atoms with Gasteiger partial charge in [-0.1, -0.05) is 24.3 Å². The van der Waals surface area contributed by atoms with Crippen LogP contribution in [-0.4, -0.2) is 17.0 Å². The summed E-state index contributed by atoms with van der Waals surface area (Å²) in [7, 11) is 0. The van der Waals surface area contributed by atoms with Crippen molar-refractivity contribution in [2.75, 3.05) is 5.32 Å². The van der Waals surface area contributed by atoms with Gasteiger partial charge >= 0.3 is 5.97 Å². The van der Waals surface area contributed by atoms with Crippen LogP contribution in [0.1, 0.15) is 22.3 Å². The van der Waals surface area contributed by atoms with Gasteiger partial charge in [0.1, 0.15) is 5.75 Å². The van der Waals surface area contributed by atoms with Gasteiger partial charge in [-0.25, -0.2) is 4.79 Å². The van der Waals surface area contributed by atoms with Crippen LogP contribution >= 0.6 is 0 Å². The van der Waals surface area contributed by atoms with E-state index in [0.29, 0.717) is 12.1 Å². The molecule has 0 aromatic heterocycles. The summed E-state index contributed by atoms with van der Waals surface area (Å²) < 4.78 is 0. The zero-order valence-corrected chi connectivity index (χ0v) is 11.8. The summed E-state index contributed by atoms with van der Waals surface area (Å²) in [5.74, 6) is 4.11. The number of amides is 1. The van der Waals surface area contributed by atoms with Gasteiger partial charge < -0.3 is 15.3 Å². The number of anilines is 1. The summed E-state index contributed by atoms with van der Waals surface area (Å²) in [6.07, 6.45) is 0.770. The van der Waals surface area contributed by atoms with Crippen LogP contribution in [0.3, 0.4) is 0 Å². The molecule has 0 heterocycles. The van der Waals surface area contributed by atoms with Crippen molar-refractivity contribution in [1.29, 1.82) is 0 Å². The lowest BCUT2D eigenvalue weighted by atomic mass is 10.1. The maximum Gasteiger partial charge on any atom is 0.358 e. The number of aryl methyl sites for hydroxylation is 1. The fourth-order valence-electron chi connectivity index (χ4n) is 1.97. The van der Waals surface area contributed by atoms with E-state index >= 15 is 0 Å². The number of para-hydroxylation sites is 1. The molecule has 0 spiro atoms. The molecule has 2 rings (SSSR count). The van der Waals surface area contributed by atoms with Gasteiger partial charge in [0.2, 0.25) is 5.91 Å². The number of phenols is 1. The Labute approximate surface area is 127 Å². The first-order valence-corrected chi connectivity index (χ1v) is 6.68. The molecule has 0 radical (unpaired) electrons. The molecule has 0 atom stereocenters. The highest BCUT2D eigenvalue weighted by atomic mass is 16.7. The van der Waals surface area contributed by atoms with Gasteiger partial charge in [-0.15, -0.1) is 0 Å². The fourth-order valence-corrected chi connectivity index (χ4v) is 1.97. The number of benzene rings is 2. The average molecular weight is 300 g/mol. The first-order chi connectivity index (χ1) is 10.6. The summed E-state index contributed by atoms with van der Waals surface area (Å²) in [5.41, 5.74) is 1.49. The first kappa shape index (κ1) is 15.5. The van der Waals surface area contributed by atoms with Gasteiger partial charge in [-0.3, -0.25) is 4.79 Å². The Morgan fingerprint density at radius 2 is 1.77 bits per heavy atom. The van der Waals surface area contributed by atoms with Crippen LogP contribution in [0.15, 0.2) is 48.5 Å². The predicted octanol–water partition coefficient (Wildman–Crippen LogP) is 1.99. The van der Waals surface area contributed by atoms with E-state index < -0.39 is 5.97 Å². The second kappa shape index (κ2) is 7.24. The van der Waals surface area contributed by atoms with E-state index in [9.17, 15) is 14.7 Å². The maximum absolute atomic E-state index is 12.0. The van der Waals surface area contributed by atoms with Crippen molar-refractivity contribution < 1.29 is 19.5 Å². The van der Waals surface area contributed by atoms with Crippen LogP contribution in [0.5, 0.6) is 5.75 Å². The Kier molecular flexibility index (Phi) is 5.11. The van der Waals surface area contributed by atoms with Crippen molar-refractivity contribution in [3.8, 4) is 5.75 Å². The molecule has 6 heteroatoms. The number of hydrogen-bond donors (Lipinski definition) is 3. The number of rotatable bonds is 5. The number of nitrogens with one attached hydrogen (secondary N) is 1. The van der Waals surface area contributed by atoms with E-state index in [1.54, 1.807) is 42.5 Å². The van der Waals surface area contributed by atoms with Gasteiger partial charge in [-0.2, -0.15) is 5.90 Å². The van der Waals surface area contributed by atoms with Crippen LogP contribution in [-0.2, 0) is 16.1 Å². The topological polar surface area (TPSA) is 102 Å². The molecular formula is C16H16N2O4. The molecule has 114 valence electrons. The van der Waals surface area contributed by atoms with Gasteiger partial charge in [0, 0.05) is 6.42 Å². The van der Waals surface area contributed by atoms with Gasteiger partial charge in [0.05, 0.1) is 11.3 Å². The van der Waals surface area contributed by atoms with Crippen LogP contribution < -0.4 is 11.2 Å². The predicted molar refractivity (Wildman–Crippen MR) is 81.1 cm³/mol. The van der Waals surface area contributed by atoms with E-state index in [1.807, 2.05) is 0 Å². The molecule has 0 saturated heterocycles. The number of carbonyl (C=O) groups is 2. The van der Waals surface area contributed by atoms with Gasteiger partial charge in [0.25, 0.3) is 0 Å². The zero-order chi connectivity index (χ0) is 15.9. The zero-order valence-electron chi connectivity index (χ0n) is 11.8. The van der Waals surface area contributed by atoms with Crippen molar-refractivity contribution in [2.45, 2.75) is 12.8 Å². The van der Waals surface area contributed by atoms with Gasteiger partial charge in [0.15, 0.2) is 0 Å². The molecule has 0 unspecified atom stereocenters. The van der Waals surface area contributed by atoms with E-state index in [1.165, 1.54) is 6.07 Å². The summed E-state index contributed by atoms with van der Waals surface area (Å²) in [4.78, 5) is 27.7. The maximum atomic E-state index is 12.0. The molecule has 2 aromatic rings. The number of nitrogens with two attached hydrogens (primary N) is 1. The highest BCUT2D eigenvalue weighted by Crippen LogP contribution is 2.17. The van der Waals surface area contributed by atoms with E-state index in [2.05, 4.69) is 10.2 Å². The number of phenolic OH excluding ortho intramolecular Hbond substituents is 1. The van der Waals surface area contributed by atoms with Crippen molar-refractivity contribution in [2.24, 2.45) is 5.90 Å². The molecule has 22 heavy (non-hydrogen) atoms. The van der Waals surface area contributed by atoms with Crippen LogP contribution in [0, 0.1) is 0 Å². The van der Waals surface area contributed by atoms with Crippen LogP contribution in [0.4, 0.5) is 5.69 Å². The third-order valence-corrected chi connectivity index (χ3v) is 3.11. The fraction of sp³-hybridized carbons (Fsp3) is 0.125. The van der Waals surface area contributed by atoms with E-state index in [0.717, 1.165) is 5.56 Å². The molecule has 0 aliphatic carbocycles. The highest BCUT2D eigenvalue weighted by Gasteiger charge is 2.13. The molecule has 2 aromatic carbocycles. The SMILES string of the molecule is NOC(=O)c1ccccc1NC(=O)CCc1ccc(O)cc1. The lowest BCUT2D eigenvalue weighted by Crippen LogP contribution is -2.17. The van der Waals surface area contributed by atoms with Crippen molar-refractivity contribution in [3.63, 3.8) is 0 Å². The van der Waals surface area contributed by atoms with Crippen LogP contribution in [0.2, 0.25) is 0 Å². The number of carbonyl (C=O) groups excluding carboxylic acids is 2. The lowest BCUT2D eigenvalue weighted by molar-refractivity contribution is -0.116. The molecule has 6 nitrogen and oxygen atoms in total. The molecule has 0 bridgehead atoms. The molecular weight excluding hydrogens is 284 g/mol. The minimum Gasteiger partial charge on any atom is -0.508 e. The molecule has 4 N–H and O–H groups in total. The summed E-state index contributed by atoms with van der Waals surface area (Å²) >= 11 is 0. The van der Waals surface area contributed by atoms with E-state index in [4.69, 9.17) is 5.90 Å². The highest BCUT2D eigenvalue weighted by molar-refractivity contribution is 6.01. The Morgan fingerprint density at radius 3 is 2.45 bits per heavy atom. The van der Waals surface area contributed by atoms with Gasteiger partial charge in [-0.05, 0) is 36.2 Å². The standard InChI is InChI=1S/C16H16N2O4/c17-22-16(21)13-3-1-2-4-14(13)18-15(20)10-7-11-5-8-12(19)9-6-11/h1-6,8-9,19H,7,10,17H2,(H,18,20). The molecule has 0 saturated carbocycles. The Bertz CT molecular complexity index is 668. The minimum absolute atomic E-state index is 0.183. The van der Waals surface area contributed by atoms with Crippen molar-refractivity contribution >= 4 is 17.6 Å². The second-order valence-corrected chi connectivity index (χ2v) is 4.67. The summed E-state index contributed by atoms with van der Waals surface area (Å²) in [6, 6.07) is 13.1. The van der Waals surface area contributed by atoms with Crippen molar-refractivity contribution in [3.05, 3.63) is 59.7 Å². The normalized spacial score (nSPS) is 10.0. The third-order valence-electron chi connectivity index (χ3n) is 3.11. The molecule has 0 aliphatic rings. The van der Waals surface area contributed by atoms with E-state index in [-0.39, 0.29) is 23.6 Å². The molecule has 1 amide bonds. The second-order valence-electron chi connectivity index (χ2n) is 4.67. The van der Waals surface area contributed by atoms with Crippen LogP contribution in [0.25, 0.3) is 0 Å². The summed E-state index contributed by atoms with van der Waals surface area (Å²) in [6.45, 7) is 0. The minimum atomic E-state index is -0.713. The Hall–Kier alpha value is -2.86. The number of hydrogen-bond acceptors (Lipinski definition) is 5. The Morgan fingerprint density at radius 1 is 1.09 bits per heavy atom. The molecule has 0 fully saturated rings. The monoisotopic (exact) mass is 300 g/mol. The Balaban J connectivity index is 1.97.